The van der Waals surface area contributed by atoms with Crippen molar-refractivity contribution in [3.8, 4) is 0 Å². The second-order valence-corrected chi connectivity index (χ2v) is 6.57. The van der Waals surface area contributed by atoms with Gasteiger partial charge in [0.25, 0.3) is 0 Å². The zero-order valence-corrected chi connectivity index (χ0v) is 11.4. The lowest BCUT2D eigenvalue weighted by Gasteiger charge is -2.47. The van der Waals surface area contributed by atoms with Gasteiger partial charge in [-0.2, -0.15) is 0 Å². The van der Waals surface area contributed by atoms with E-state index in [4.69, 9.17) is 0 Å². The number of hydrogen-bond acceptors (Lipinski definition) is 2. The van der Waals surface area contributed by atoms with E-state index in [-0.39, 0.29) is 10.7 Å². The summed E-state index contributed by atoms with van der Waals surface area (Å²) in [4.78, 5) is 13.7. The molecular formula is C12H20BrNO2. The van der Waals surface area contributed by atoms with Crippen LogP contribution in [0.2, 0.25) is 0 Å². The van der Waals surface area contributed by atoms with Crippen LogP contribution in [0.25, 0.3) is 0 Å². The number of likely N-dealkylation sites (tertiary alicyclic amines) is 1. The molecule has 1 saturated carbocycles. The van der Waals surface area contributed by atoms with E-state index in [1.165, 1.54) is 6.42 Å². The predicted molar refractivity (Wildman–Crippen MR) is 66.5 cm³/mol. The molecule has 16 heavy (non-hydrogen) atoms. The molecule has 0 radical (unpaired) electrons. The topological polar surface area (TPSA) is 40.5 Å². The van der Waals surface area contributed by atoms with Crippen molar-refractivity contribution in [3.63, 3.8) is 0 Å². The first-order valence-corrected chi connectivity index (χ1v) is 7.10. The maximum absolute atomic E-state index is 11.9. The Morgan fingerprint density at radius 3 is 2.94 bits per heavy atom. The van der Waals surface area contributed by atoms with Gasteiger partial charge in [-0.25, -0.2) is 0 Å². The molecule has 1 amide bonds. The van der Waals surface area contributed by atoms with Crippen molar-refractivity contribution < 1.29 is 9.90 Å². The summed E-state index contributed by atoms with van der Waals surface area (Å²) in [7, 11) is 0. The number of carbonyl (C=O) groups is 1. The van der Waals surface area contributed by atoms with Crippen molar-refractivity contribution in [1.29, 1.82) is 0 Å². The van der Waals surface area contributed by atoms with Gasteiger partial charge in [-0.1, -0.05) is 28.8 Å². The highest BCUT2D eigenvalue weighted by Gasteiger charge is 2.43. The number of hydrogen-bond donors (Lipinski definition) is 1. The van der Waals surface area contributed by atoms with Crippen LogP contribution in [0, 0.1) is 5.92 Å². The van der Waals surface area contributed by atoms with Gasteiger partial charge < -0.3 is 10.0 Å². The molecule has 0 aromatic carbocycles. The maximum atomic E-state index is 11.9. The standard InChI is InChI=1S/C12H20BrNO2/c1-9(13)11(15)14-7-6-12(16)5-3-2-4-10(12)8-14/h9-10,16H,2-8H2,1H3. The summed E-state index contributed by atoms with van der Waals surface area (Å²) >= 11 is 3.32. The van der Waals surface area contributed by atoms with Gasteiger partial charge in [0, 0.05) is 19.0 Å². The molecule has 0 aromatic rings. The molecule has 4 heteroatoms. The van der Waals surface area contributed by atoms with Gasteiger partial charge in [0.2, 0.25) is 5.91 Å². The molecule has 0 aromatic heterocycles. The molecule has 1 saturated heterocycles. The molecule has 92 valence electrons. The van der Waals surface area contributed by atoms with E-state index in [0.29, 0.717) is 12.5 Å². The number of rotatable bonds is 1. The minimum absolute atomic E-state index is 0.109. The van der Waals surface area contributed by atoms with Gasteiger partial charge in [-0.05, 0) is 26.2 Å². The van der Waals surface area contributed by atoms with E-state index in [1.54, 1.807) is 0 Å². The van der Waals surface area contributed by atoms with Gasteiger partial charge in [0.1, 0.15) is 0 Å². The smallest absolute Gasteiger partial charge is 0.236 e. The third-order valence-corrected chi connectivity index (χ3v) is 4.47. The van der Waals surface area contributed by atoms with Crippen LogP contribution in [0.1, 0.15) is 39.0 Å². The normalized spacial score (nSPS) is 36.7. The Morgan fingerprint density at radius 2 is 2.25 bits per heavy atom. The minimum atomic E-state index is -0.482. The fraction of sp³-hybridized carbons (Fsp3) is 0.917. The lowest BCUT2D eigenvalue weighted by atomic mass is 9.71. The average molecular weight is 290 g/mol. The number of carbonyl (C=O) groups excluding carboxylic acids is 1. The van der Waals surface area contributed by atoms with Gasteiger partial charge in [-0.15, -0.1) is 0 Å². The Kier molecular flexibility index (Phi) is 3.59. The molecular weight excluding hydrogens is 270 g/mol. The third kappa shape index (κ3) is 2.28. The quantitative estimate of drug-likeness (QED) is 0.750. The van der Waals surface area contributed by atoms with Gasteiger partial charge in [0.05, 0.1) is 10.4 Å². The molecule has 1 N–H and O–H groups in total. The Bertz CT molecular complexity index is 282. The van der Waals surface area contributed by atoms with E-state index in [1.807, 2.05) is 11.8 Å². The van der Waals surface area contributed by atoms with E-state index in [9.17, 15) is 9.90 Å². The highest BCUT2D eigenvalue weighted by atomic mass is 79.9. The summed E-state index contributed by atoms with van der Waals surface area (Å²) in [6, 6.07) is 0. The summed E-state index contributed by atoms with van der Waals surface area (Å²) in [5.41, 5.74) is -0.482. The van der Waals surface area contributed by atoms with E-state index in [0.717, 1.165) is 32.2 Å². The number of piperidine rings is 1. The Hall–Kier alpha value is -0.0900. The van der Waals surface area contributed by atoms with Crippen LogP contribution in [0.15, 0.2) is 0 Å². The van der Waals surface area contributed by atoms with Crippen LogP contribution >= 0.6 is 15.9 Å². The Morgan fingerprint density at radius 1 is 1.50 bits per heavy atom. The predicted octanol–water partition coefficient (Wildman–Crippen LogP) is 1.92. The van der Waals surface area contributed by atoms with Crippen molar-refractivity contribution in [2.24, 2.45) is 5.92 Å². The van der Waals surface area contributed by atoms with Crippen molar-refractivity contribution in [1.82, 2.24) is 4.90 Å². The fourth-order valence-corrected chi connectivity index (χ4v) is 3.31. The van der Waals surface area contributed by atoms with Crippen LogP contribution in [-0.4, -0.2) is 39.4 Å². The van der Waals surface area contributed by atoms with Crippen LogP contribution in [0.5, 0.6) is 0 Å². The summed E-state index contributed by atoms with van der Waals surface area (Å²) < 4.78 is 0. The molecule has 2 rings (SSSR count). The van der Waals surface area contributed by atoms with Gasteiger partial charge in [0.15, 0.2) is 0 Å². The molecule has 2 fully saturated rings. The molecule has 3 nitrogen and oxygen atoms in total. The Balaban J connectivity index is 2.02. The molecule has 1 aliphatic heterocycles. The van der Waals surface area contributed by atoms with E-state index >= 15 is 0 Å². The van der Waals surface area contributed by atoms with E-state index in [2.05, 4.69) is 15.9 Å². The monoisotopic (exact) mass is 289 g/mol. The van der Waals surface area contributed by atoms with Crippen LogP contribution in [-0.2, 0) is 4.79 Å². The molecule has 1 heterocycles. The molecule has 2 aliphatic rings. The third-order valence-electron chi connectivity index (χ3n) is 4.08. The first-order valence-electron chi connectivity index (χ1n) is 6.18. The first-order chi connectivity index (χ1) is 7.53. The number of amides is 1. The van der Waals surface area contributed by atoms with Gasteiger partial charge >= 0.3 is 0 Å². The fourth-order valence-electron chi connectivity index (χ4n) is 3.02. The number of fused-ring (bicyclic) bond motifs is 1. The van der Waals surface area contributed by atoms with Crippen molar-refractivity contribution in [2.45, 2.75) is 49.5 Å². The minimum Gasteiger partial charge on any atom is -0.389 e. The summed E-state index contributed by atoms with van der Waals surface area (Å²) in [6.45, 7) is 3.32. The van der Waals surface area contributed by atoms with Crippen LogP contribution < -0.4 is 0 Å². The van der Waals surface area contributed by atoms with Crippen molar-refractivity contribution in [3.05, 3.63) is 0 Å². The highest BCUT2D eigenvalue weighted by Crippen LogP contribution is 2.39. The molecule has 1 aliphatic carbocycles. The second kappa shape index (κ2) is 4.65. The number of nitrogens with zero attached hydrogens (tertiary/aromatic N) is 1. The van der Waals surface area contributed by atoms with Crippen LogP contribution in [0.3, 0.4) is 0 Å². The zero-order valence-electron chi connectivity index (χ0n) is 9.79. The molecule has 3 atom stereocenters. The molecule has 0 spiro atoms. The van der Waals surface area contributed by atoms with Gasteiger partial charge in [-0.3, -0.25) is 4.79 Å². The summed E-state index contributed by atoms with van der Waals surface area (Å²) in [5.74, 6) is 0.456. The summed E-state index contributed by atoms with van der Waals surface area (Å²) in [6.07, 6.45) is 5.07. The lowest BCUT2D eigenvalue weighted by Crippen LogP contribution is -2.55. The number of aliphatic hydroxyl groups is 1. The lowest BCUT2D eigenvalue weighted by molar-refractivity contribution is -0.142. The molecule has 3 unspecified atom stereocenters. The SMILES string of the molecule is CC(Br)C(=O)N1CCC2(O)CCCCC2C1. The highest BCUT2D eigenvalue weighted by molar-refractivity contribution is 9.10. The van der Waals surface area contributed by atoms with Crippen molar-refractivity contribution in [2.75, 3.05) is 13.1 Å². The Labute approximate surface area is 105 Å². The number of alkyl halides is 1. The van der Waals surface area contributed by atoms with Crippen molar-refractivity contribution >= 4 is 21.8 Å². The second-order valence-electron chi connectivity index (χ2n) is 5.20. The maximum Gasteiger partial charge on any atom is 0.236 e. The van der Waals surface area contributed by atoms with Crippen LogP contribution in [0.4, 0.5) is 0 Å². The zero-order chi connectivity index (χ0) is 11.8. The average Bonchev–Trinajstić information content (AvgIpc) is 2.26. The number of halogens is 1. The summed E-state index contributed by atoms with van der Waals surface area (Å²) in [5, 5.41) is 10.5. The first kappa shape index (κ1) is 12.4. The van der Waals surface area contributed by atoms with E-state index < -0.39 is 5.60 Å². The molecule has 0 bridgehead atoms. The largest absolute Gasteiger partial charge is 0.389 e.